The zero-order valence-corrected chi connectivity index (χ0v) is 24.6. The largest absolute Gasteiger partial charge is 0.420 e. The highest BCUT2D eigenvalue weighted by Gasteiger charge is 2.47. The van der Waals surface area contributed by atoms with Gasteiger partial charge in [-0.25, -0.2) is 49.4 Å². The van der Waals surface area contributed by atoms with Crippen LogP contribution in [-0.2, 0) is 16.2 Å². The molecule has 0 unspecified atom stereocenters. The van der Waals surface area contributed by atoms with Gasteiger partial charge in [-0.2, -0.15) is 18.2 Å². The van der Waals surface area contributed by atoms with Gasteiger partial charge in [-0.3, -0.25) is 4.98 Å². The summed E-state index contributed by atoms with van der Waals surface area (Å²) in [6, 6.07) is 1.22. The number of hydrogen-bond donors (Lipinski definition) is 1. The number of sulfonamides is 1. The SMILES string of the molecule is Cc1ccnc(C(C)C)c1-n1c(=O)nc(N2CC(NS(=O)(=O)c3c(F)c(F)c(F)c(F)c3C(F)(F)F)C2)c2cc(F)c(Cl)nc21. The minimum Gasteiger partial charge on any atom is -0.352 e. The molecule has 0 aliphatic carbocycles. The quantitative estimate of drug-likeness (QED) is 0.130. The van der Waals surface area contributed by atoms with E-state index in [2.05, 4.69) is 15.0 Å². The van der Waals surface area contributed by atoms with Crippen molar-refractivity contribution < 1.29 is 43.5 Å². The highest BCUT2D eigenvalue weighted by molar-refractivity contribution is 7.89. The van der Waals surface area contributed by atoms with E-state index < -0.39 is 85.7 Å². The molecule has 19 heteroatoms. The lowest BCUT2D eigenvalue weighted by Gasteiger charge is -2.40. The molecule has 1 N–H and O–H groups in total. The molecule has 0 amide bonds. The molecule has 1 saturated heterocycles. The minimum atomic E-state index is -5.93. The highest BCUT2D eigenvalue weighted by Crippen LogP contribution is 2.40. The van der Waals surface area contributed by atoms with Crippen molar-refractivity contribution >= 4 is 38.5 Å². The first-order chi connectivity index (χ1) is 20.8. The maximum absolute atomic E-state index is 14.6. The minimum absolute atomic E-state index is 0.0659. The van der Waals surface area contributed by atoms with Gasteiger partial charge in [0.15, 0.2) is 39.9 Å². The van der Waals surface area contributed by atoms with Crippen LogP contribution < -0.4 is 15.3 Å². The second kappa shape index (κ2) is 11.2. The number of aryl methyl sites for hydroxylation is 1. The fourth-order valence-corrected chi connectivity index (χ4v) is 6.57. The van der Waals surface area contributed by atoms with E-state index in [9.17, 15) is 48.3 Å². The first-order valence-electron chi connectivity index (χ1n) is 12.8. The Kier molecular flexibility index (Phi) is 8.06. The van der Waals surface area contributed by atoms with Crippen LogP contribution in [0.15, 0.2) is 28.0 Å². The molecular formula is C26H19ClF8N6O3S. The first kappa shape index (κ1) is 32.5. The third-order valence-electron chi connectivity index (χ3n) is 6.96. The summed E-state index contributed by atoms with van der Waals surface area (Å²) in [5.74, 6) is -12.7. The molecule has 4 heterocycles. The van der Waals surface area contributed by atoms with Gasteiger partial charge >= 0.3 is 11.9 Å². The number of pyridine rings is 2. The van der Waals surface area contributed by atoms with Crippen molar-refractivity contribution in [2.75, 3.05) is 18.0 Å². The molecule has 4 aromatic rings. The van der Waals surface area contributed by atoms with Crippen LogP contribution >= 0.6 is 11.6 Å². The summed E-state index contributed by atoms with van der Waals surface area (Å²) in [6.07, 6.45) is -4.40. The number of halogens is 9. The van der Waals surface area contributed by atoms with E-state index in [-0.39, 0.29) is 22.8 Å². The van der Waals surface area contributed by atoms with Gasteiger partial charge in [-0.1, -0.05) is 25.4 Å². The molecule has 3 aromatic heterocycles. The summed E-state index contributed by atoms with van der Waals surface area (Å²) in [5, 5.41) is -0.653. The summed E-state index contributed by atoms with van der Waals surface area (Å²) in [7, 11) is -5.66. The maximum atomic E-state index is 14.6. The van der Waals surface area contributed by atoms with Gasteiger partial charge in [-0.15, -0.1) is 0 Å². The van der Waals surface area contributed by atoms with Crippen LogP contribution in [0.5, 0.6) is 0 Å². The average Bonchev–Trinajstić information content (AvgIpc) is 2.91. The molecule has 5 rings (SSSR count). The van der Waals surface area contributed by atoms with Crippen molar-refractivity contribution in [3.8, 4) is 5.69 Å². The van der Waals surface area contributed by atoms with Gasteiger partial charge in [0.05, 0.1) is 22.8 Å². The second-order valence-electron chi connectivity index (χ2n) is 10.4. The lowest BCUT2D eigenvalue weighted by molar-refractivity contribution is -0.143. The van der Waals surface area contributed by atoms with Crippen LogP contribution in [0.2, 0.25) is 5.15 Å². The molecule has 0 radical (unpaired) electrons. The normalized spacial score (nSPS) is 14.5. The van der Waals surface area contributed by atoms with Gasteiger partial charge < -0.3 is 4.90 Å². The predicted molar refractivity (Wildman–Crippen MR) is 144 cm³/mol. The fraction of sp³-hybridized carbons (Fsp3) is 0.308. The molecular weight excluding hydrogens is 664 g/mol. The molecule has 1 aromatic carbocycles. The number of fused-ring (bicyclic) bond motifs is 1. The Morgan fingerprint density at radius 3 is 2.24 bits per heavy atom. The maximum Gasteiger partial charge on any atom is 0.420 e. The van der Waals surface area contributed by atoms with E-state index in [1.165, 1.54) is 11.1 Å². The van der Waals surface area contributed by atoms with Gasteiger partial charge in [0.2, 0.25) is 10.0 Å². The van der Waals surface area contributed by atoms with Crippen LogP contribution in [0, 0.1) is 36.0 Å². The number of benzene rings is 1. The Hall–Kier alpha value is -3.90. The molecule has 1 aliphatic rings. The van der Waals surface area contributed by atoms with Crippen LogP contribution in [0.1, 0.15) is 36.6 Å². The van der Waals surface area contributed by atoms with Crippen LogP contribution in [0.25, 0.3) is 16.7 Å². The summed E-state index contributed by atoms with van der Waals surface area (Å²) >= 11 is 5.95. The number of nitrogens with one attached hydrogen (secondary N) is 1. The Morgan fingerprint density at radius 2 is 1.64 bits per heavy atom. The molecule has 0 saturated carbocycles. The van der Waals surface area contributed by atoms with E-state index in [4.69, 9.17) is 11.6 Å². The van der Waals surface area contributed by atoms with Crippen molar-refractivity contribution in [2.24, 2.45) is 0 Å². The van der Waals surface area contributed by atoms with Crippen molar-refractivity contribution in [2.45, 2.75) is 43.8 Å². The molecule has 0 bridgehead atoms. The smallest absolute Gasteiger partial charge is 0.352 e. The number of anilines is 1. The topological polar surface area (TPSA) is 110 Å². The molecule has 0 spiro atoms. The highest BCUT2D eigenvalue weighted by atomic mass is 35.5. The standard InChI is InChI=1S/C26H19ClF8N6O3S/c1-9(2)19-20(10(3)4-5-36-19)41-24-12(6-13(28)22(27)37-24)23(38-25(41)42)40-7-11(8-40)39-45(43,44)21-14(26(33,34)35)15(29)16(30)17(31)18(21)32/h4-6,9,11,39H,7-8H2,1-3H3. The third-order valence-corrected chi connectivity index (χ3v) is 8.79. The van der Waals surface area contributed by atoms with Crippen LogP contribution in [-0.4, -0.2) is 47.1 Å². The Balaban J connectivity index is 1.55. The Labute approximate surface area is 253 Å². The van der Waals surface area contributed by atoms with Gasteiger partial charge in [0, 0.05) is 19.3 Å². The first-order valence-corrected chi connectivity index (χ1v) is 14.7. The van der Waals surface area contributed by atoms with Gasteiger partial charge in [-0.05, 0) is 30.5 Å². The van der Waals surface area contributed by atoms with E-state index in [1.807, 2.05) is 13.8 Å². The molecule has 9 nitrogen and oxygen atoms in total. The molecule has 1 fully saturated rings. The van der Waals surface area contributed by atoms with Crippen molar-refractivity contribution in [3.05, 3.63) is 79.9 Å². The molecule has 1 aliphatic heterocycles. The fourth-order valence-electron chi connectivity index (χ4n) is 4.93. The van der Waals surface area contributed by atoms with E-state index in [0.717, 1.165) is 10.6 Å². The van der Waals surface area contributed by atoms with E-state index in [0.29, 0.717) is 16.9 Å². The third kappa shape index (κ3) is 5.48. The Morgan fingerprint density at radius 1 is 1.02 bits per heavy atom. The van der Waals surface area contributed by atoms with E-state index >= 15 is 0 Å². The Bertz CT molecular complexity index is 2050. The zero-order valence-electron chi connectivity index (χ0n) is 23.1. The summed E-state index contributed by atoms with van der Waals surface area (Å²) in [6.45, 7) is 4.46. The average molecular weight is 683 g/mol. The second-order valence-corrected chi connectivity index (χ2v) is 12.4. The summed E-state index contributed by atoms with van der Waals surface area (Å²) in [4.78, 5) is 24.6. The summed E-state index contributed by atoms with van der Waals surface area (Å²) < 4.78 is 139. The number of hydrogen-bond acceptors (Lipinski definition) is 7. The zero-order chi connectivity index (χ0) is 33.3. The number of nitrogens with zero attached hydrogens (tertiary/aromatic N) is 5. The van der Waals surface area contributed by atoms with Crippen LogP contribution in [0.4, 0.5) is 40.9 Å². The number of rotatable bonds is 6. The number of aromatic nitrogens is 4. The molecule has 45 heavy (non-hydrogen) atoms. The van der Waals surface area contributed by atoms with Gasteiger partial charge in [0.25, 0.3) is 0 Å². The molecule has 0 atom stereocenters. The lowest BCUT2D eigenvalue weighted by atomic mass is 10.0. The van der Waals surface area contributed by atoms with Crippen molar-refractivity contribution in [1.29, 1.82) is 0 Å². The summed E-state index contributed by atoms with van der Waals surface area (Å²) in [5.41, 5.74) is -2.54. The van der Waals surface area contributed by atoms with Gasteiger partial charge in [0.1, 0.15) is 16.3 Å². The van der Waals surface area contributed by atoms with Crippen LogP contribution in [0.3, 0.4) is 0 Å². The van der Waals surface area contributed by atoms with E-state index in [1.54, 1.807) is 17.7 Å². The predicted octanol–water partition coefficient (Wildman–Crippen LogP) is 5.14. The molecule has 240 valence electrons. The van der Waals surface area contributed by atoms with Crippen molar-refractivity contribution in [1.82, 2.24) is 24.2 Å². The number of alkyl halides is 3. The lowest BCUT2D eigenvalue weighted by Crippen LogP contribution is -2.60. The van der Waals surface area contributed by atoms with Crippen molar-refractivity contribution in [3.63, 3.8) is 0 Å². The monoisotopic (exact) mass is 682 g/mol.